The molecule has 0 bridgehead atoms. The second-order valence-corrected chi connectivity index (χ2v) is 9.58. The number of ketones is 1. The molecule has 0 saturated carbocycles. The van der Waals surface area contributed by atoms with Crippen molar-refractivity contribution in [3.05, 3.63) is 33.8 Å². The van der Waals surface area contributed by atoms with Crippen molar-refractivity contribution in [2.45, 2.75) is 45.3 Å². The summed E-state index contributed by atoms with van der Waals surface area (Å²) in [5, 5.41) is 15.0. The number of benzene rings is 1. The van der Waals surface area contributed by atoms with Crippen LogP contribution in [0.1, 0.15) is 32.8 Å². The number of ether oxygens (including phenoxy) is 1. The second-order valence-electron chi connectivity index (χ2n) is 8.76. The summed E-state index contributed by atoms with van der Waals surface area (Å²) < 4.78 is 5.13. The van der Waals surface area contributed by atoms with E-state index in [4.69, 9.17) is 33.0 Å². The van der Waals surface area contributed by atoms with Crippen LogP contribution in [0.3, 0.4) is 0 Å². The minimum atomic E-state index is -1.47. The Morgan fingerprint density at radius 2 is 1.79 bits per heavy atom. The van der Waals surface area contributed by atoms with E-state index in [9.17, 15) is 24.0 Å². The van der Waals surface area contributed by atoms with Gasteiger partial charge in [0.05, 0.1) is 16.1 Å². The molecule has 1 aliphatic heterocycles. The first-order chi connectivity index (χ1) is 15.8. The third-order valence-corrected chi connectivity index (χ3v) is 5.65. The Bertz CT molecular complexity index is 978. The van der Waals surface area contributed by atoms with Crippen molar-refractivity contribution in [3.8, 4) is 0 Å². The van der Waals surface area contributed by atoms with Gasteiger partial charge in [0.25, 0.3) is 5.91 Å². The molecule has 2 unspecified atom stereocenters. The maximum atomic E-state index is 12.8. The molecule has 3 amide bonds. The molecular formula is C22H27Cl2N3O7. The molecule has 0 aromatic heterocycles. The highest BCUT2D eigenvalue weighted by molar-refractivity contribution is 6.43. The summed E-state index contributed by atoms with van der Waals surface area (Å²) in [6.45, 7) is 4.04. The summed E-state index contributed by atoms with van der Waals surface area (Å²) in [4.78, 5) is 61.7. The molecule has 1 saturated heterocycles. The predicted molar refractivity (Wildman–Crippen MR) is 124 cm³/mol. The molecule has 1 fully saturated rings. The number of nitrogens with zero attached hydrogens (tertiary/aromatic N) is 1. The van der Waals surface area contributed by atoms with Crippen LogP contribution in [0.2, 0.25) is 10.0 Å². The van der Waals surface area contributed by atoms with E-state index in [2.05, 4.69) is 10.6 Å². The van der Waals surface area contributed by atoms with E-state index in [1.165, 1.54) is 0 Å². The number of halogens is 2. The molecule has 1 aromatic rings. The zero-order valence-electron chi connectivity index (χ0n) is 19.0. The van der Waals surface area contributed by atoms with Crippen molar-refractivity contribution in [2.75, 3.05) is 19.6 Å². The molecule has 10 nitrogen and oxygen atoms in total. The fraction of sp³-hybridized carbons (Fsp3) is 0.500. The molecule has 186 valence electrons. The number of rotatable bonds is 9. The molecule has 2 atom stereocenters. The van der Waals surface area contributed by atoms with Gasteiger partial charge < -0.3 is 25.4 Å². The van der Waals surface area contributed by atoms with Crippen LogP contribution in [-0.2, 0) is 30.3 Å². The average Bonchev–Trinajstić information content (AvgIpc) is 2.94. The highest BCUT2D eigenvalue weighted by atomic mass is 35.5. The number of likely N-dealkylation sites (tertiary alicyclic amines) is 1. The highest BCUT2D eigenvalue weighted by Gasteiger charge is 2.51. The first-order valence-electron chi connectivity index (χ1n) is 10.5. The minimum absolute atomic E-state index is 0.197. The van der Waals surface area contributed by atoms with E-state index < -0.39 is 53.8 Å². The molecule has 0 radical (unpaired) electrons. The standard InChI is InChI=1S/C22H27Cl2N3O7/c1-22(2,3)34-21(33)26-10-15-17(18(30)20(32)27(15)11-16(28)29)19(31)25-8-4-5-12-6-7-13(23)14(24)9-12/h6-7,9,15,17H,4-5,8,10-11H2,1-3H3,(H,25,31)(H,26,33)(H,28,29). The Balaban J connectivity index is 2.03. The van der Waals surface area contributed by atoms with E-state index in [0.717, 1.165) is 10.5 Å². The van der Waals surface area contributed by atoms with Gasteiger partial charge in [0, 0.05) is 13.1 Å². The number of alkyl carbamates (subject to hydrolysis) is 1. The van der Waals surface area contributed by atoms with Gasteiger partial charge in [-0.15, -0.1) is 0 Å². The minimum Gasteiger partial charge on any atom is -0.480 e. The van der Waals surface area contributed by atoms with E-state index >= 15 is 0 Å². The van der Waals surface area contributed by atoms with Crippen molar-refractivity contribution in [2.24, 2.45) is 5.92 Å². The Morgan fingerprint density at radius 3 is 2.38 bits per heavy atom. The number of carboxylic acids is 1. The van der Waals surface area contributed by atoms with Crippen LogP contribution >= 0.6 is 23.2 Å². The van der Waals surface area contributed by atoms with Crippen LogP contribution in [0.15, 0.2) is 18.2 Å². The quantitative estimate of drug-likeness (QED) is 0.259. The van der Waals surface area contributed by atoms with E-state index in [1.54, 1.807) is 39.0 Å². The summed E-state index contributed by atoms with van der Waals surface area (Å²) in [6.07, 6.45) is 0.261. The van der Waals surface area contributed by atoms with Gasteiger partial charge >= 0.3 is 12.1 Å². The molecule has 34 heavy (non-hydrogen) atoms. The largest absolute Gasteiger partial charge is 0.480 e. The van der Waals surface area contributed by atoms with Gasteiger partial charge in [0.15, 0.2) is 0 Å². The van der Waals surface area contributed by atoms with Gasteiger partial charge in [-0.25, -0.2) is 4.79 Å². The summed E-state index contributed by atoms with van der Waals surface area (Å²) in [6, 6.07) is 4.02. The van der Waals surface area contributed by atoms with Crippen LogP contribution < -0.4 is 10.6 Å². The predicted octanol–water partition coefficient (Wildman–Crippen LogP) is 2.05. The van der Waals surface area contributed by atoms with Gasteiger partial charge in [-0.05, 0) is 51.3 Å². The van der Waals surface area contributed by atoms with Crippen molar-refractivity contribution < 1.29 is 33.8 Å². The van der Waals surface area contributed by atoms with Gasteiger partial charge in [-0.3, -0.25) is 19.2 Å². The first kappa shape index (κ1) is 27.4. The first-order valence-corrected chi connectivity index (χ1v) is 11.3. The molecule has 2 rings (SSSR count). The Hall–Kier alpha value is -2.85. The highest BCUT2D eigenvalue weighted by Crippen LogP contribution is 2.24. The van der Waals surface area contributed by atoms with Gasteiger partial charge in [-0.2, -0.15) is 0 Å². The van der Waals surface area contributed by atoms with Gasteiger partial charge in [-0.1, -0.05) is 29.3 Å². The molecule has 1 heterocycles. The molecule has 0 spiro atoms. The molecule has 1 aliphatic rings. The number of nitrogens with one attached hydrogen (secondary N) is 2. The summed E-state index contributed by atoms with van der Waals surface area (Å²) in [7, 11) is 0. The summed E-state index contributed by atoms with van der Waals surface area (Å²) in [5.41, 5.74) is 0.111. The summed E-state index contributed by atoms with van der Waals surface area (Å²) in [5.74, 6) is -5.66. The lowest BCUT2D eigenvalue weighted by molar-refractivity contribution is -0.146. The van der Waals surface area contributed by atoms with E-state index in [1.807, 2.05) is 0 Å². The molecular weight excluding hydrogens is 489 g/mol. The Morgan fingerprint density at radius 1 is 1.12 bits per heavy atom. The summed E-state index contributed by atoms with van der Waals surface area (Å²) >= 11 is 11.9. The molecule has 12 heteroatoms. The SMILES string of the molecule is CC(C)(C)OC(=O)NCC1C(C(=O)NCCCc2ccc(Cl)c(Cl)c2)C(=O)C(=O)N1CC(=O)O. The third kappa shape index (κ3) is 7.59. The van der Waals surface area contributed by atoms with Gasteiger partial charge in [0.1, 0.15) is 18.1 Å². The maximum Gasteiger partial charge on any atom is 0.407 e. The Kier molecular flexibility index (Phi) is 9.29. The number of hydrogen-bond acceptors (Lipinski definition) is 6. The number of aryl methyl sites for hydroxylation is 1. The topological polar surface area (TPSA) is 142 Å². The van der Waals surface area contributed by atoms with Crippen LogP contribution in [0.25, 0.3) is 0 Å². The molecule has 3 N–H and O–H groups in total. The number of carbonyl (C=O) groups is 5. The normalized spacial score (nSPS) is 18.1. The lowest BCUT2D eigenvalue weighted by Crippen LogP contribution is -2.50. The van der Waals surface area contributed by atoms with E-state index in [0.29, 0.717) is 22.9 Å². The Labute approximate surface area is 206 Å². The van der Waals surface area contributed by atoms with Crippen molar-refractivity contribution in [1.82, 2.24) is 15.5 Å². The molecule has 0 aliphatic carbocycles. The zero-order chi connectivity index (χ0) is 25.6. The van der Waals surface area contributed by atoms with Crippen LogP contribution in [-0.4, -0.2) is 70.9 Å². The maximum absolute atomic E-state index is 12.8. The fourth-order valence-corrected chi connectivity index (χ4v) is 3.77. The smallest absolute Gasteiger partial charge is 0.407 e. The van der Waals surface area contributed by atoms with E-state index in [-0.39, 0.29) is 13.1 Å². The number of carboxylic acid groups (broad SMARTS) is 1. The molecule has 1 aromatic carbocycles. The zero-order valence-corrected chi connectivity index (χ0v) is 20.5. The monoisotopic (exact) mass is 515 g/mol. The van der Waals surface area contributed by atoms with Crippen LogP contribution in [0.5, 0.6) is 0 Å². The van der Waals surface area contributed by atoms with Crippen LogP contribution in [0.4, 0.5) is 4.79 Å². The number of amides is 3. The lowest BCUT2D eigenvalue weighted by Gasteiger charge is -2.26. The average molecular weight is 516 g/mol. The fourth-order valence-electron chi connectivity index (χ4n) is 3.45. The van der Waals surface area contributed by atoms with Crippen molar-refractivity contribution >= 4 is 52.9 Å². The number of Topliss-reactive ketones (excluding diaryl/α,β-unsaturated/α-hetero) is 1. The third-order valence-electron chi connectivity index (χ3n) is 4.91. The lowest BCUT2D eigenvalue weighted by atomic mass is 9.97. The number of carbonyl (C=O) groups excluding carboxylic acids is 4. The number of aliphatic carboxylic acids is 1. The second kappa shape index (κ2) is 11.5. The van der Waals surface area contributed by atoms with Crippen LogP contribution in [0, 0.1) is 5.92 Å². The number of hydrogen-bond donors (Lipinski definition) is 3. The van der Waals surface area contributed by atoms with Crippen molar-refractivity contribution in [1.29, 1.82) is 0 Å². The van der Waals surface area contributed by atoms with Gasteiger partial charge in [0.2, 0.25) is 11.7 Å². The van der Waals surface area contributed by atoms with Crippen molar-refractivity contribution in [3.63, 3.8) is 0 Å².